The Hall–Kier alpha value is -1.13. The van der Waals surface area contributed by atoms with Gasteiger partial charge in [0, 0.05) is 5.56 Å². The summed E-state index contributed by atoms with van der Waals surface area (Å²) in [6.45, 7) is 2.57. The molecule has 0 atom stereocenters. The van der Waals surface area contributed by atoms with Crippen molar-refractivity contribution < 1.29 is 0 Å². The zero-order valence-corrected chi connectivity index (χ0v) is 10.7. The first kappa shape index (κ1) is 11.4. The van der Waals surface area contributed by atoms with Gasteiger partial charge in [-0.1, -0.05) is 31.2 Å². The van der Waals surface area contributed by atoms with Crippen LogP contribution in [0.5, 0.6) is 0 Å². The van der Waals surface area contributed by atoms with E-state index in [2.05, 4.69) is 57.1 Å². The van der Waals surface area contributed by atoms with E-state index in [1.807, 2.05) is 0 Å². The lowest BCUT2D eigenvalue weighted by Crippen LogP contribution is -1.97. The predicted molar refractivity (Wildman–Crippen MR) is 69.0 cm³/mol. The maximum atomic E-state index is 5.54. The van der Waals surface area contributed by atoms with Crippen LogP contribution in [0.3, 0.4) is 0 Å². The first-order chi connectivity index (χ1) is 7.74. The number of aromatic nitrogens is 2. The molecule has 0 bridgehead atoms. The van der Waals surface area contributed by atoms with Gasteiger partial charge < -0.3 is 10.7 Å². The number of aromatic amines is 1. The van der Waals surface area contributed by atoms with Crippen LogP contribution in [-0.2, 0) is 13.0 Å². The van der Waals surface area contributed by atoms with E-state index in [4.69, 9.17) is 5.73 Å². The number of aryl methyl sites for hydroxylation is 1. The van der Waals surface area contributed by atoms with E-state index in [1.165, 1.54) is 5.56 Å². The standard InChI is InChI=1S/C12H14BrN3/c1-2-8-3-5-9(6-4-8)11-12(13)16-10(7-14)15-11/h3-6H,2,7,14H2,1H3,(H,15,16). The first-order valence-electron chi connectivity index (χ1n) is 5.28. The second-order valence-corrected chi connectivity index (χ2v) is 4.39. The summed E-state index contributed by atoms with van der Waals surface area (Å²) in [5.41, 5.74) is 8.89. The first-order valence-corrected chi connectivity index (χ1v) is 6.07. The van der Waals surface area contributed by atoms with Crippen molar-refractivity contribution in [2.45, 2.75) is 19.9 Å². The molecule has 0 saturated heterocycles. The summed E-state index contributed by atoms with van der Waals surface area (Å²) in [5.74, 6) is 0.793. The highest BCUT2D eigenvalue weighted by Crippen LogP contribution is 2.26. The highest BCUT2D eigenvalue weighted by atomic mass is 79.9. The Kier molecular flexibility index (Phi) is 3.41. The third-order valence-corrected chi connectivity index (χ3v) is 3.11. The molecule has 0 amide bonds. The number of H-pyrrole nitrogens is 1. The molecule has 2 rings (SSSR count). The Morgan fingerprint density at radius 3 is 2.50 bits per heavy atom. The van der Waals surface area contributed by atoms with Gasteiger partial charge in [0.25, 0.3) is 0 Å². The van der Waals surface area contributed by atoms with Crippen LogP contribution >= 0.6 is 15.9 Å². The molecule has 1 aromatic heterocycles. The summed E-state index contributed by atoms with van der Waals surface area (Å²) in [7, 11) is 0. The molecule has 84 valence electrons. The van der Waals surface area contributed by atoms with E-state index in [0.29, 0.717) is 6.54 Å². The normalized spacial score (nSPS) is 10.7. The number of hydrogen-bond donors (Lipinski definition) is 2. The summed E-state index contributed by atoms with van der Waals surface area (Å²) in [6, 6.07) is 8.41. The molecule has 16 heavy (non-hydrogen) atoms. The lowest BCUT2D eigenvalue weighted by atomic mass is 10.1. The van der Waals surface area contributed by atoms with Gasteiger partial charge >= 0.3 is 0 Å². The number of nitrogens with two attached hydrogens (primary N) is 1. The van der Waals surface area contributed by atoms with E-state index >= 15 is 0 Å². The van der Waals surface area contributed by atoms with E-state index in [-0.39, 0.29) is 0 Å². The second kappa shape index (κ2) is 4.80. The summed E-state index contributed by atoms with van der Waals surface area (Å²) < 4.78 is 0.886. The van der Waals surface area contributed by atoms with E-state index in [9.17, 15) is 0 Å². The fourth-order valence-corrected chi connectivity index (χ4v) is 2.13. The summed E-state index contributed by atoms with van der Waals surface area (Å²) >= 11 is 3.46. The molecule has 0 aliphatic rings. The molecule has 0 spiro atoms. The van der Waals surface area contributed by atoms with Crippen molar-refractivity contribution in [3.05, 3.63) is 40.3 Å². The van der Waals surface area contributed by atoms with Crippen LogP contribution in [0.1, 0.15) is 18.3 Å². The Morgan fingerprint density at radius 2 is 2.00 bits per heavy atom. The van der Waals surface area contributed by atoms with Crippen molar-refractivity contribution in [3.63, 3.8) is 0 Å². The van der Waals surface area contributed by atoms with Gasteiger partial charge in [-0.25, -0.2) is 4.98 Å². The largest absolute Gasteiger partial charge is 0.335 e. The van der Waals surface area contributed by atoms with Crippen LogP contribution in [0.25, 0.3) is 11.3 Å². The van der Waals surface area contributed by atoms with E-state index < -0.39 is 0 Å². The van der Waals surface area contributed by atoms with Crippen molar-refractivity contribution in [2.24, 2.45) is 5.73 Å². The number of benzene rings is 1. The lowest BCUT2D eigenvalue weighted by Gasteiger charge is -2.00. The van der Waals surface area contributed by atoms with Crippen molar-refractivity contribution in [1.29, 1.82) is 0 Å². The monoisotopic (exact) mass is 279 g/mol. The molecule has 0 radical (unpaired) electrons. The van der Waals surface area contributed by atoms with Crippen molar-refractivity contribution in [1.82, 2.24) is 9.97 Å². The van der Waals surface area contributed by atoms with Gasteiger partial charge in [-0.3, -0.25) is 0 Å². The third kappa shape index (κ3) is 2.18. The van der Waals surface area contributed by atoms with Crippen LogP contribution in [0.15, 0.2) is 28.9 Å². The molecular formula is C12H14BrN3. The molecule has 0 fully saturated rings. The maximum absolute atomic E-state index is 5.54. The molecule has 3 N–H and O–H groups in total. The molecule has 4 heteroatoms. The van der Waals surface area contributed by atoms with Crippen LogP contribution in [0.4, 0.5) is 0 Å². The van der Waals surface area contributed by atoms with E-state index in [1.54, 1.807) is 0 Å². The van der Waals surface area contributed by atoms with Crippen molar-refractivity contribution in [3.8, 4) is 11.3 Å². The van der Waals surface area contributed by atoms with Gasteiger partial charge in [-0.2, -0.15) is 0 Å². The fraction of sp³-hybridized carbons (Fsp3) is 0.250. The fourth-order valence-electron chi connectivity index (χ4n) is 1.58. The number of imidazole rings is 1. The van der Waals surface area contributed by atoms with Crippen LogP contribution in [0, 0.1) is 0 Å². The molecule has 1 heterocycles. The van der Waals surface area contributed by atoms with Crippen LogP contribution in [0.2, 0.25) is 0 Å². The van der Waals surface area contributed by atoms with E-state index in [0.717, 1.165) is 28.1 Å². The Labute approximate surface area is 103 Å². The minimum absolute atomic E-state index is 0.422. The number of nitrogens with zero attached hydrogens (tertiary/aromatic N) is 1. The minimum Gasteiger partial charge on any atom is -0.335 e. The number of hydrogen-bond acceptors (Lipinski definition) is 2. The number of nitrogens with one attached hydrogen (secondary N) is 1. The zero-order chi connectivity index (χ0) is 11.5. The summed E-state index contributed by atoms with van der Waals surface area (Å²) in [6.07, 6.45) is 1.05. The smallest absolute Gasteiger partial charge is 0.121 e. The molecule has 0 aliphatic carbocycles. The van der Waals surface area contributed by atoms with Gasteiger partial charge in [-0.15, -0.1) is 0 Å². The van der Waals surface area contributed by atoms with Crippen LogP contribution in [-0.4, -0.2) is 9.97 Å². The Balaban J connectivity index is 2.38. The molecule has 0 unspecified atom stereocenters. The summed E-state index contributed by atoms with van der Waals surface area (Å²) in [5, 5.41) is 0. The van der Waals surface area contributed by atoms with Crippen LogP contribution < -0.4 is 5.73 Å². The summed E-state index contributed by atoms with van der Waals surface area (Å²) in [4.78, 5) is 7.53. The molecule has 0 aliphatic heterocycles. The number of halogens is 1. The molecule has 3 nitrogen and oxygen atoms in total. The molecular weight excluding hydrogens is 266 g/mol. The molecule has 2 aromatic rings. The zero-order valence-electron chi connectivity index (χ0n) is 9.13. The van der Waals surface area contributed by atoms with Gasteiger partial charge in [0.1, 0.15) is 16.1 Å². The quantitative estimate of drug-likeness (QED) is 0.908. The number of rotatable bonds is 3. The van der Waals surface area contributed by atoms with Crippen molar-refractivity contribution in [2.75, 3.05) is 0 Å². The van der Waals surface area contributed by atoms with Gasteiger partial charge in [0.2, 0.25) is 0 Å². The average Bonchev–Trinajstić information content (AvgIpc) is 2.71. The second-order valence-electron chi connectivity index (χ2n) is 3.60. The topological polar surface area (TPSA) is 54.7 Å². The van der Waals surface area contributed by atoms with Gasteiger partial charge in [-0.05, 0) is 27.9 Å². The SMILES string of the molecule is CCc1ccc(-c2nc(CN)[nH]c2Br)cc1. The Bertz CT molecular complexity index is 474. The molecule has 1 aromatic carbocycles. The molecule has 0 saturated carbocycles. The predicted octanol–water partition coefficient (Wildman–Crippen LogP) is 2.86. The van der Waals surface area contributed by atoms with Gasteiger partial charge in [0.05, 0.1) is 6.54 Å². The minimum atomic E-state index is 0.422. The highest BCUT2D eigenvalue weighted by Gasteiger charge is 2.08. The third-order valence-electron chi connectivity index (χ3n) is 2.54. The Morgan fingerprint density at radius 1 is 1.31 bits per heavy atom. The van der Waals surface area contributed by atoms with Crippen molar-refractivity contribution >= 4 is 15.9 Å². The van der Waals surface area contributed by atoms with Gasteiger partial charge in [0.15, 0.2) is 0 Å². The highest BCUT2D eigenvalue weighted by molar-refractivity contribution is 9.10. The average molecular weight is 280 g/mol. The lowest BCUT2D eigenvalue weighted by molar-refractivity contribution is 0.947. The maximum Gasteiger partial charge on any atom is 0.121 e.